The number of pyridine rings is 1. The summed E-state index contributed by atoms with van der Waals surface area (Å²) in [5.74, 6) is -1.77. The maximum atomic E-state index is 14.9. The monoisotopic (exact) mass is 594 g/mol. The first kappa shape index (κ1) is 31.4. The van der Waals surface area contributed by atoms with Crippen LogP contribution in [0.5, 0.6) is 0 Å². The highest BCUT2D eigenvalue weighted by atomic mass is 19.1. The van der Waals surface area contributed by atoms with Gasteiger partial charge in [-0.2, -0.15) is 0 Å². The van der Waals surface area contributed by atoms with Crippen molar-refractivity contribution < 1.29 is 13.6 Å². The highest BCUT2D eigenvalue weighted by Gasteiger charge is 2.32. The molecule has 4 aromatic rings. The molecule has 228 valence electrons. The fourth-order valence-corrected chi connectivity index (χ4v) is 4.93. The summed E-state index contributed by atoms with van der Waals surface area (Å²) in [5.41, 5.74) is -1.05. The predicted molar refractivity (Wildman–Crippen MR) is 165 cm³/mol. The summed E-state index contributed by atoms with van der Waals surface area (Å²) >= 11 is 0. The lowest BCUT2D eigenvalue weighted by Gasteiger charge is -2.21. The van der Waals surface area contributed by atoms with Crippen LogP contribution >= 0.6 is 0 Å². The van der Waals surface area contributed by atoms with Crippen molar-refractivity contribution >= 4 is 34.0 Å². The molecule has 0 unspecified atom stereocenters. The van der Waals surface area contributed by atoms with Crippen LogP contribution in [0.25, 0.3) is 16.6 Å². The van der Waals surface area contributed by atoms with Gasteiger partial charge in [-0.3, -0.25) is 28.1 Å². The third-order valence-electron chi connectivity index (χ3n) is 7.08. The zero-order valence-corrected chi connectivity index (χ0v) is 25.3. The van der Waals surface area contributed by atoms with Crippen molar-refractivity contribution in [1.29, 1.82) is 0 Å². The van der Waals surface area contributed by atoms with Crippen LogP contribution in [0.3, 0.4) is 0 Å². The largest absolute Gasteiger partial charge is 0.338 e. The van der Waals surface area contributed by atoms with Crippen LogP contribution in [0.2, 0.25) is 0 Å². The van der Waals surface area contributed by atoms with Crippen molar-refractivity contribution in [3.05, 3.63) is 90.4 Å². The highest BCUT2D eigenvalue weighted by molar-refractivity contribution is 5.95. The van der Waals surface area contributed by atoms with Gasteiger partial charge in [0.1, 0.15) is 22.8 Å². The number of aryl methyl sites for hydroxylation is 2. The molecule has 1 amide bonds. The summed E-state index contributed by atoms with van der Waals surface area (Å²) in [4.78, 5) is 55.3. The first-order chi connectivity index (χ1) is 20.4. The molecule has 1 aliphatic rings. The lowest BCUT2D eigenvalue weighted by Crippen LogP contribution is -2.41. The van der Waals surface area contributed by atoms with Crippen LogP contribution in [0.1, 0.15) is 43.9 Å². The Balaban J connectivity index is 0.00000207. The normalized spacial score (nSPS) is 12.7. The molecule has 0 saturated heterocycles. The molecule has 10 nitrogen and oxygen atoms in total. The summed E-state index contributed by atoms with van der Waals surface area (Å²) in [6.45, 7) is 7.22. The molecule has 0 spiro atoms. The number of hydrogen-bond acceptors (Lipinski definition) is 6. The number of halogens is 2. The number of anilines is 3. The van der Waals surface area contributed by atoms with Crippen LogP contribution in [0, 0.1) is 25.5 Å². The van der Waals surface area contributed by atoms with Crippen molar-refractivity contribution in [2.24, 2.45) is 7.05 Å². The number of carbonyl (C=O) groups is 1. The number of hydrogen-bond donors (Lipinski definition) is 2. The molecule has 43 heavy (non-hydrogen) atoms. The lowest BCUT2D eigenvalue weighted by molar-refractivity contribution is -0.116. The van der Waals surface area contributed by atoms with Crippen LogP contribution in [0.15, 0.2) is 50.8 Å². The number of likely N-dealkylation sites (N-methyl/N-ethyl adjacent to an activating group) is 1. The van der Waals surface area contributed by atoms with Gasteiger partial charge in [0.15, 0.2) is 0 Å². The van der Waals surface area contributed by atoms with Crippen LogP contribution in [-0.2, 0) is 11.8 Å². The maximum Gasteiger partial charge on any atom is 0.336 e. The Labute approximate surface area is 247 Å². The molecular weight excluding hydrogens is 558 g/mol. The molecule has 0 bridgehead atoms. The molecule has 2 heterocycles. The topological polar surface area (TPSA) is 110 Å². The molecule has 1 saturated carbocycles. The third-order valence-corrected chi connectivity index (χ3v) is 7.08. The van der Waals surface area contributed by atoms with Crippen molar-refractivity contribution in [3.63, 3.8) is 0 Å². The molecule has 12 heteroatoms. The van der Waals surface area contributed by atoms with Gasteiger partial charge in [-0.25, -0.2) is 13.6 Å². The van der Waals surface area contributed by atoms with Gasteiger partial charge in [-0.05, 0) is 76.7 Å². The molecule has 2 N–H and O–H groups in total. The molecule has 2 aromatic heterocycles. The van der Waals surface area contributed by atoms with Crippen LogP contribution in [0.4, 0.5) is 26.0 Å². The number of amides is 1. The van der Waals surface area contributed by atoms with E-state index >= 15 is 0 Å². The van der Waals surface area contributed by atoms with Gasteiger partial charge >= 0.3 is 5.69 Å². The number of fused-ring (bicyclic) bond motifs is 1. The Kier molecular flexibility index (Phi) is 9.00. The van der Waals surface area contributed by atoms with E-state index in [9.17, 15) is 28.0 Å². The first-order valence-corrected chi connectivity index (χ1v) is 14.1. The molecular formula is C31H36F2N6O4. The number of rotatable bonds is 7. The van der Waals surface area contributed by atoms with Gasteiger partial charge in [0, 0.05) is 18.7 Å². The number of benzene rings is 2. The average molecular weight is 595 g/mol. The quantitative estimate of drug-likeness (QED) is 0.329. The Morgan fingerprint density at radius 2 is 1.63 bits per heavy atom. The van der Waals surface area contributed by atoms with E-state index in [1.54, 1.807) is 32.0 Å². The lowest BCUT2D eigenvalue weighted by atomic mass is 10.1. The zero-order chi connectivity index (χ0) is 31.7. The Morgan fingerprint density at radius 1 is 0.953 bits per heavy atom. The standard InChI is InChI=1S/C29H30F2N6O4.C2H6/c1-15-6-11-21(20(31)12-15)33-26-24-25(16(2)27(39)35(26)5)36(29(41)37(28(24)40)17-7-8-17)18-9-10-19(30)22(13-18)32-23(38)14-34(3)4;1-2/h6,9-13,17,33H,7-8,14H2,1-5H3,(H,32,38);1-2H3. The van der Waals surface area contributed by atoms with Gasteiger partial charge in [-0.1, -0.05) is 19.9 Å². The van der Waals surface area contributed by atoms with Crippen LogP contribution in [-0.4, -0.2) is 45.1 Å². The predicted octanol–water partition coefficient (Wildman–Crippen LogP) is 4.35. The molecule has 1 fully saturated rings. The molecule has 0 atom stereocenters. The average Bonchev–Trinajstić information content (AvgIpc) is 3.78. The maximum absolute atomic E-state index is 14.9. The first-order valence-electron chi connectivity index (χ1n) is 14.1. The number of carbonyl (C=O) groups excluding carboxylic acids is 1. The van der Waals surface area contributed by atoms with Crippen molar-refractivity contribution in [1.82, 2.24) is 18.6 Å². The SMILES string of the molecule is CC.Cc1ccc(Nc2c3c(=O)n(C4CC4)c(=O)n(-c4ccc(F)c(NC(=O)CN(C)C)c4)c3c(C)c(=O)n2C)c(F)c1. The third kappa shape index (κ3) is 6.00. The van der Waals surface area contributed by atoms with E-state index < -0.39 is 34.3 Å². The summed E-state index contributed by atoms with van der Waals surface area (Å²) in [6, 6.07) is 7.87. The fourth-order valence-electron chi connectivity index (χ4n) is 4.93. The molecule has 1 aliphatic carbocycles. The van der Waals surface area contributed by atoms with Crippen LogP contribution < -0.4 is 27.4 Å². The van der Waals surface area contributed by atoms with Crippen molar-refractivity contribution in [3.8, 4) is 5.69 Å². The van der Waals surface area contributed by atoms with E-state index in [0.717, 1.165) is 10.6 Å². The number of nitrogens with zero attached hydrogens (tertiary/aromatic N) is 4. The van der Waals surface area contributed by atoms with E-state index in [-0.39, 0.29) is 51.9 Å². The second-order valence-corrected chi connectivity index (χ2v) is 10.6. The Bertz CT molecular complexity index is 1900. The summed E-state index contributed by atoms with van der Waals surface area (Å²) < 4.78 is 33.2. The minimum absolute atomic E-state index is 0.00114. The minimum Gasteiger partial charge on any atom is -0.338 e. The highest BCUT2D eigenvalue weighted by Crippen LogP contribution is 2.34. The van der Waals surface area contributed by atoms with Crippen molar-refractivity contribution in [2.75, 3.05) is 31.3 Å². The van der Waals surface area contributed by atoms with Crippen molar-refractivity contribution in [2.45, 2.75) is 46.6 Å². The minimum atomic E-state index is -0.724. The number of aromatic nitrogens is 3. The van der Waals surface area contributed by atoms with Gasteiger partial charge in [0.2, 0.25) is 5.91 Å². The summed E-state index contributed by atoms with van der Waals surface area (Å²) in [7, 11) is 4.84. The number of nitrogens with one attached hydrogen (secondary N) is 2. The van der Waals surface area contributed by atoms with E-state index in [0.29, 0.717) is 18.4 Å². The molecule has 2 aromatic carbocycles. The smallest absolute Gasteiger partial charge is 0.336 e. The molecule has 0 aliphatic heterocycles. The van der Waals surface area contributed by atoms with E-state index in [1.807, 2.05) is 13.8 Å². The van der Waals surface area contributed by atoms with E-state index in [1.165, 1.54) is 47.4 Å². The summed E-state index contributed by atoms with van der Waals surface area (Å²) in [5, 5.41) is 5.42. The Hall–Kier alpha value is -4.58. The van der Waals surface area contributed by atoms with Gasteiger partial charge in [0.25, 0.3) is 11.1 Å². The Morgan fingerprint density at radius 3 is 2.23 bits per heavy atom. The van der Waals surface area contributed by atoms with Gasteiger partial charge in [0.05, 0.1) is 29.1 Å². The second kappa shape index (κ2) is 12.3. The molecule has 0 radical (unpaired) electrons. The molecule has 5 rings (SSSR count). The second-order valence-electron chi connectivity index (χ2n) is 10.6. The summed E-state index contributed by atoms with van der Waals surface area (Å²) in [6.07, 6.45) is 1.21. The fraction of sp³-hybridized carbons (Fsp3) is 0.355. The van der Waals surface area contributed by atoms with E-state index in [4.69, 9.17) is 0 Å². The zero-order valence-electron chi connectivity index (χ0n) is 25.3. The van der Waals surface area contributed by atoms with E-state index in [2.05, 4.69) is 10.6 Å². The van der Waals surface area contributed by atoms with Gasteiger partial charge < -0.3 is 15.5 Å². The van der Waals surface area contributed by atoms with Gasteiger partial charge in [-0.15, -0.1) is 0 Å².